The van der Waals surface area contributed by atoms with Crippen molar-refractivity contribution < 1.29 is 18.7 Å². The molecule has 0 aliphatic carbocycles. The van der Waals surface area contributed by atoms with E-state index in [1.54, 1.807) is 37.7 Å². The van der Waals surface area contributed by atoms with E-state index < -0.39 is 12.0 Å². The Morgan fingerprint density at radius 2 is 2.08 bits per heavy atom. The predicted molar refractivity (Wildman–Crippen MR) is 150 cm³/mol. The van der Waals surface area contributed by atoms with Gasteiger partial charge in [0, 0.05) is 34.2 Å². The molecule has 4 aromatic rings. The van der Waals surface area contributed by atoms with Gasteiger partial charge < -0.3 is 13.9 Å². The van der Waals surface area contributed by atoms with Crippen LogP contribution in [0.25, 0.3) is 16.8 Å². The summed E-state index contributed by atoms with van der Waals surface area (Å²) in [6.45, 7) is 3.71. The van der Waals surface area contributed by atoms with Gasteiger partial charge in [0.2, 0.25) is 0 Å². The molecular weight excluding hydrogens is 659 g/mol. The molecule has 0 bridgehead atoms. The normalized spacial score (nSPS) is 15.7. The minimum absolute atomic E-state index is 0.200. The minimum Gasteiger partial charge on any atom is -0.496 e. The lowest BCUT2D eigenvalue weighted by Gasteiger charge is -2.27. The summed E-state index contributed by atoms with van der Waals surface area (Å²) in [5.74, 6) is 0.587. The molecule has 3 heterocycles. The summed E-state index contributed by atoms with van der Waals surface area (Å²) in [6, 6.07) is 12.6. The third-order valence-corrected chi connectivity index (χ3v) is 8.99. The molecule has 1 aliphatic rings. The minimum atomic E-state index is -0.785. The Morgan fingerprint density at radius 1 is 1.31 bits per heavy atom. The van der Waals surface area contributed by atoms with Gasteiger partial charge in [0.25, 0.3) is 5.56 Å². The standard InChI is InChI=1S/C26H20BrIN2O5S/c1-4-34-25(32)20-13(2)29-26-30(24(31)19(36-26)12-15-11-17(27)23(28)35-15)22(20)21-16-8-6-5-7-14(16)9-10-18(21)33-3/h5-12,22H,4H2,1-3H3/b19-12+/t22-/m0/s1. The summed E-state index contributed by atoms with van der Waals surface area (Å²) in [6.07, 6.45) is 1.69. The molecule has 2 aromatic heterocycles. The maximum absolute atomic E-state index is 13.9. The molecule has 184 valence electrons. The van der Waals surface area contributed by atoms with Gasteiger partial charge in [-0.1, -0.05) is 41.7 Å². The maximum atomic E-state index is 13.9. The van der Waals surface area contributed by atoms with Crippen LogP contribution in [0.4, 0.5) is 0 Å². The number of methoxy groups -OCH3 is 1. The molecule has 0 radical (unpaired) electrons. The number of allylic oxidation sites excluding steroid dienone is 1. The number of rotatable bonds is 5. The zero-order valence-electron chi connectivity index (χ0n) is 19.5. The van der Waals surface area contributed by atoms with E-state index in [9.17, 15) is 9.59 Å². The molecule has 36 heavy (non-hydrogen) atoms. The van der Waals surface area contributed by atoms with Crippen molar-refractivity contribution in [2.24, 2.45) is 4.99 Å². The van der Waals surface area contributed by atoms with Crippen LogP contribution in [-0.2, 0) is 9.53 Å². The van der Waals surface area contributed by atoms with Crippen LogP contribution in [-0.4, -0.2) is 24.3 Å². The maximum Gasteiger partial charge on any atom is 0.338 e. The monoisotopic (exact) mass is 678 g/mol. The third-order valence-electron chi connectivity index (χ3n) is 5.88. The molecule has 0 saturated carbocycles. The van der Waals surface area contributed by atoms with E-state index >= 15 is 0 Å². The lowest BCUT2D eigenvalue weighted by atomic mass is 9.90. The number of thiazole rings is 1. The highest BCUT2D eigenvalue weighted by molar-refractivity contribution is 14.1. The van der Waals surface area contributed by atoms with E-state index in [0.717, 1.165) is 15.2 Å². The van der Waals surface area contributed by atoms with Crippen molar-refractivity contribution in [2.45, 2.75) is 19.9 Å². The number of furan rings is 1. The predicted octanol–water partition coefficient (Wildman–Crippen LogP) is 4.92. The number of carbonyl (C=O) groups is 1. The van der Waals surface area contributed by atoms with Crippen molar-refractivity contribution >= 4 is 72.7 Å². The number of carbonyl (C=O) groups excluding carboxylic acids is 1. The molecule has 7 nitrogen and oxygen atoms in total. The second kappa shape index (κ2) is 9.98. The number of nitrogens with zero attached hydrogens (tertiary/aromatic N) is 2. The Morgan fingerprint density at radius 3 is 2.78 bits per heavy atom. The van der Waals surface area contributed by atoms with Gasteiger partial charge in [-0.05, 0) is 52.7 Å². The van der Waals surface area contributed by atoms with Gasteiger partial charge in [0.05, 0.1) is 34.0 Å². The number of aromatic nitrogens is 1. The molecule has 0 unspecified atom stereocenters. The van der Waals surface area contributed by atoms with E-state index in [1.807, 2.05) is 36.4 Å². The SMILES string of the molecule is CCOC(=O)C1=C(C)N=c2s/c(=C/c3cc(Br)c(I)o3)c(=O)n2[C@@H]1c1c(OC)ccc2ccccc12. The number of hydrogen-bond acceptors (Lipinski definition) is 7. The van der Waals surface area contributed by atoms with Crippen LogP contribution in [0.1, 0.15) is 31.2 Å². The molecule has 0 spiro atoms. The Labute approximate surface area is 232 Å². The smallest absolute Gasteiger partial charge is 0.338 e. The van der Waals surface area contributed by atoms with Gasteiger partial charge in [0.1, 0.15) is 17.6 Å². The summed E-state index contributed by atoms with van der Waals surface area (Å²) in [5.41, 5.74) is 1.23. The first kappa shape index (κ1) is 25.0. The average Bonchev–Trinajstić information content (AvgIpc) is 3.34. The second-order valence-corrected chi connectivity index (χ2v) is 10.8. The number of ether oxygens (including phenoxy) is 2. The molecule has 10 heteroatoms. The number of benzene rings is 2. The van der Waals surface area contributed by atoms with Crippen molar-refractivity contribution in [1.82, 2.24) is 4.57 Å². The van der Waals surface area contributed by atoms with Gasteiger partial charge in [0.15, 0.2) is 8.57 Å². The van der Waals surface area contributed by atoms with Crippen molar-refractivity contribution in [3.8, 4) is 5.75 Å². The van der Waals surface area contributed by atoms with Gasteiger partial charge in [-0.3, -0.25) is 9.36 Å². The molecular formula is C26H20BrIN2O5S. The lowest BCUT2D eigenvalue weighted by Crippen LogP contribution is -2.40. The fourth-order valence-electron chi connectivity index (χ4n) is 4.36. The molecule has 0 amide bonds. The zero-order chi connectivity index (χ0) is 25.6. The topological polar surface area (TPSA) is 83.0 Å². The first-order valence-corrected chi connectivity index (χ1v) is 13.7. The summed E-state index contributed by atoms with van der Waals surface area (Å²) in [7, 11) is 1.58. The van der Waals surface area contributed by atoms with E-state index in [0.29, 0.717) is 41.4 Å². The summed E-state index contributed by atoms with van der Waals surface area (Å²) in [4.78, 5) is 32.3. The van der Waals surface area contributed by atoms with Gasteiger partial charge in [-0.15, -0.1) is 0 Å². The van der Waals surface area contributed by atoms with Crippen LogP contribution in [0.5, 0.6) is 5.75 Å². The second-order valence-electron chi connectivity index (χ2n) is 7.98. The third kappa shape index (κ3) is 4.24. The number of fused-ring (bicyclic) bond motifs is 2. The van der Waals surface area contributed by atoms with E-state index in [-0.39, 0.29) is 12.2 Å². The molecule has 1 atom stereocenters. The Balaban J connectivity index is 1.85. The highest BCUT2D eigenvalue weighted by Crippen LogP contribution is 2.40. The fraction of sp³-hybridized carbons (Fsp3) is 0.192. The van der Waals surface area contributed by atoms with Crippen molar-refractivity contribution in [3.63, 3.8) is 0 Å². The van der Waals surface area contributed by atoms with Crippen molar-refractivity contribution in [2.75, 3.05) is 13.7 Å². The summed E-state index contributed by atoms with van der Waals surface area (Å²) < 4.78 is 20.4. The van der Waals surface area contributed by atoms with Crippen molar-refractivity contribution in [1.29, 1.82) is 0 Å². The quantitative estimate of drug-likeness (QED) is 0.221. The molecule has 0 N–H and O–H groups in total. The van der Waals surface area contributed by atoms with Gasteiger partial charge in [-0.25, -0.2) is 9.79 Å². The largest absolute Gasteiger partial charge is 0.496 e. The van der Waals surface area contributed by atoms with Crippen LogP contribution >= 0.6 is 49.9 Å². The number of esters is 1. The van der Waals surface area contributed by atoms with E-state index in [2.05, 4.69) is 43.5 Å². The number of hydrogen-bond donors (Lipinski definition) is 0. The average molecular weight is 679 g/mol. The van der Waals surface area contributed by atoms with Crippen molar-refractivity contribution in [3.05, 3.63) is 93.0 Å². The Kier molecular flexibility index (Phi) is 6.92. The molecule has 0 saturated heterocycles. The molecule has 0 fully saturated rings. The van der Waals surface area contributed by atoms with E-state index in [4.69, 9.17) is 13.9 Å². The van der Waals surface area contributed by atoms with Gasteiger partial charge >= 0.3 is 5.97 Å². The van der Waals surface area contributed by atoms with Crippen LogP contribution in [0.15, 0.2) is 72.4 Å². The first-order valence-electron chi connectivity index (χ1n) is 11.0. The fourth-order valence-corrected chi connectivity index (χ4v) is 6.11. The highest BCUT2D eigenvalue weighted by atomic mass is 127. The van der Waals surface area contributed by atoms with Crippen LogP contribution in [0, 0.1) is 3.77 Å². The molecule has 2 aromatic carbocycles. The van der Waals surface area contributed by atoms with Gasteiger partial charge in [-0.2, -0.15) is 0 Å². The number of halogens is 2. The zero-order valence-corrected chi connectivity index (χ0v) is 24.1. The van der Waals surface area contributed by atoms with Crippen LogP contribution in [0.3, 0.4) is 0 Å². The van der Waals surface area contributed by atoms with E-state index in [1.165, 1.54) is 11.3 Å². The summed E-state index contributed by atoms with van der Waals surface area (Å²) in [5, 5.41) is 1.83. The Hall–Kier alpha value is -2.70. The summed E-state index contributed by atoms with van der Waals surface area (Å²) >= 11 is 6.76. The molecule has 1 aliphatic heterocycles. The first-order chi connectivity index (χ1) is 17.3. The van der Waals surface area contributed by atoms with Crippen LogP contribution in [0.2, 0.25) is 0 Å². The molecule has 5 rings (SSSR count). The highest BCUT2D eigenvalue weighted by Gasteiger charge is 2.36. The Bertz CT molecular complexity index is 1710. The van der Waals surface area contributed by atoms with Crippen LogP contribution < -0.4 is 19.6 Å². The lowest BCUT2D eigenvalue weighted by molar-refractivity contribution is -0.139.